The Bertz CT molecular complexity index is 1150. The van der Waals surface area contributed by atoms with Crippen molar-refractivity contribution >= 4 is 44.3 Å². The average molecular weight is 426 g/mol. The van der Waals surface area contributed by atoms with Gasteiger partial charge in [0.25, 0.3) is 0 Å². The van der Waals surface area contributed by atoms with Crippen LogP contribution in [0.2, 0.25) is 0 Å². The Labute approximate surface area is 165 Å². The van der Waals surface area contributed by atoms with Crippen LogP contribution in [0.3, 0.4) is 0 Å². The van der Waals surface area contributed by atoms with Gasteiger partial charge in [-0.2, -0.15) is 13.2 Å². The molecule has 0 spiro atoms. The minimum absolute atomic E-state index is 0.0398. The number of ether oxygens (including phenoxy) is 1. The molecule has 0 radical (unpaired) electrons. The van der Waals surface area contributed by atoms with E-state index in [4.69, 9.17) is 4.42 Å². The molecular formula is C18H13F3N2O5S. The van der Waals surface area contributed by atoms with E-state index in [9.17, 15) is 27.6 Å². The van der Waals surface area contributed by atoms with Crippen LogP contribution in [-0.4, -0.2) is 26.2 Å². The number of anilines is 2. The SMILES string of the molecule is COC(=O)c1cc2sc(NC(=O)N(C)c3cccc(C(F)(F)F)c3)cc2oc1=O. The van der Waals surface area contributed by atoms with Crippen molar-refractivity contribution in [2.75, 3.05) is 24.4 Å². The Hall–Kier alpha value is -3.34. The van der Waals surface area contributed by atoms with Gasteiger partial charge in [-0.3, -0.25) is 10.2 Å². The van der Waals surface area contributed by atoms with Gasteiger partial charge in [0.1, 0.15) is 10.6 Å². The van der Waals surface area contributed by atoms with Gasteiger partial charge in [0.2, 0.25) is 0 Å². The molecule has 0 unspecified atom stereocenters. The van der Waals surface area contributed by atoms with E-state index in [0.29, 0.717) is 4.70 Å². The van der Waals surface area contributed by atoms with Crippen molar-refractivity contribution in [1.82, 2.24) is 0 Å². The van der Waals surface area contributed by atoms with Crippen molar-refractivity contribution in [3.8, 4) is 0 Å². The number of nitrogens with one attached hydrogen (secondary N) is 1. The molecule has 0 aliphatic heterocycles. The van der Waals surface area contributed by atoms with Gasteiger partial charge < -0.3 is 9.15 Å². The lowest BCUT2D eigenvalue weighted by Crippen LogP contribution is -2.31. The van der Waals surface area contributed by atoms with E-state index in [-0.39, 0.29) is 21.8 Å². The lowest BCUT2D eigenvalue weighted by atomic mass is 10.2. The summed E-state index contributed by atoms with van der Waals surface area (Å²) in [5.74, 6) is -0.857. The smallest absolute Gasteiger partial charge is 0.416 e. The molecular weight excluding hydrogens is 413 g/mol. The van der Waals surface area contributed by atoms with Gasteiger partial charge in [0.15, 0.2) is 5.58 Å². The number of alkyl halides is 3. The third kappa shape index (κ3) is 4.24. The van der Waals surface area contributed by atoms with E-state index in [1.54, 1.807) is 0 Å². The summed E-state index contributed by atoms with van der Waals surface area (Å²) in [7, 11) is 2.43. The van der Waals surface area contributed by atoms with E-state index < -0.39 is 29.4 Å². The zero-order valence-corrected chi connectivity index (χ0v) is 15.8. The normalized spacial score (nSPS) is 11.3. The third-order valence-corrected chi connectivity index (χ3v) is 4.90. The van der Waals surface area contributed by atoms with Gasteiger partial charge in [0.05, 0.1) is 17.4 Å². The van der Waals surface area contributed by atoms with Crippen LogP contribution in [0, 0.1) is 0 Å². The number of hydrogen-bond acceptors (Lipinski definition) is 6. The number of nitrogens with zero attached hydrogens (tertiary/aromatic N) is 1. The topological polar surface area (TPSA) is 88.8 Å². The number of urea groups is 1. The number of carbonyl (C=O) groups excluding carboxylic acids is 2. The Morgan fingerprint density at radius 2 is 1.93 bits per heavy atom. The van der Waals surface area contributed by atoms with Gasteiger partial charge in [-0.15, -0.1) is 11.3 Å². The molecule has 3 aromatic rings. The predicted molar refractivity (Wildman–Crippen MR) is 101 cm³/mol. The van der Waals surface area contributed by atoms with Crippen molar-refractivity contribution < 1.29 is 31.9 Å². The largest absolute Gasteiger partial charge is 0.465 e. The molecule has 29 heavy (non-hydrogen) atoms. The van der Waals surface area contributed by atoms with Crippen molar-refractivity contribution in [1.29, 1.82) is 0 Å². The number of methoxy groups -OCH3 is 1. The number of benzene rings is 1. The summed E-state index contributed by atoms with van der Waals surface area (Å²) < 4.78 is 48.5. The second-order valence-electron chi connectivity index (χ2n) is 5.82. The first-order valence-electron chi connectivity index (χ1n) is 7.98. The fourth-order valence-electron chi connectivity index (χ4n) is 2.42. The minimum Gasteiger partial charge on any atom is -0.465 e. The minimum atomic E-state index is -4.53. The number of hydrogen-bond donors (Lipinski definition) is 1. The van der Waals surface area contributed by atoms with Crippen LogP contribution in [-0.2, 0) is 10.9 Å². The van der Waals surface area contributed by atoms with Crippen molar-refractivity contribution in [3.63, 3.8) is 0 Å². The van der Waals surface area contributed by atoms with Crippen molar-refractivity contribution in [3.05, 3.63) is 57.9 Å². The van der Waals surface area contributed by atoms with Crippen LogP contribution in [0.25, 0.3) is 10.3 Å². The van der Waals surface area contributed by atoms with E-state index in [1.165, 1.54) is 31.3 Å². The highest BCUT2D eigenvalue weighted by atomic mass is 32.1. The van der Waals surface area contributed by atoms with E-state index in [1.807, 2.05) is 0 Å². The van der Waals surface area contributed by atoms with Gasteiger partial charge in [-0.05, 0) is 24.3 Å². The Balaban J connectivity index is 1.84. The van der Waals surface area contributed by atoms with Crippen LogP contribution < -0.4 is 15.8 Å². The number of fused-ring (bicyclic) bond motifs is 1. The number of thiophene rings is 1. The monoisotopic (exact) mass is 426 g/mol. The first-order valence-corrected chi connectivity index (χ1v) is 8.80. The van der Waals surface area contributed by atoms with Gasteiger partial charge in [0, 0.05) is 18.8 Å². The molecule has 1 N–H and O–H groups in total. The number of halogens is 3. The highest BCUT2D eigenvalue weighted by Gasteiger charge is 2.31. The zero-order chi connectivity index (χ0) is 21.3. The molecule has 152 valence electrons. The fourth-order valence-corrected chi connectivity index (χ4v) is 3.34. The van der Waals surface area contributed by atoms with Gasteiger partial charge >= 0.3 is 23.8 Å². The quantitative estimate of drug-likeness (QED) is 0.630. The Kier molecular flexibility index (Phi) is 5.33. The summed E-state index contributed by atoms with van der Waals surface area (Å²) in [5.41, 5.74) is -1.88. The molecule has 3 rings (SSSR count). The molecule has 2 heterocycles. The molecule has 0 saturated carbocycles. The first kappa shape index (κ1) is 20.4. The van der Waals surface area contributed by atoms with Crippen LogP contribution in [0.15, 0.2) is 45.6 Å². The fraction of sp³-hybridized carbons (Fsp3) is 0.167. The number of esters is 1. The predicted octanol–water partition coefficient (Wildman–Crippen LogP) is 4.33. The highest BCUT2D eigenvalue weighted by Crippen LogP contribution is 2.32. The third-order valence-electron chi connectivity index (χ3n) is 3.92. The molecule has 1 aromatic carbocycles. The highest BCUT2D eigenvalue weighted by molar-refractivity contribution is 7.22. The summed E-state index contributed by atoms with van der Waals surface area (Å²) in [6, 6.07) is 6.27. The maximum absolute atomic E-state index is 12.9. The molecule has 7 nitrogen and oxygen atoms in total. The van der Waals surface area contributed by atoms with Crippen molar-refractivity contribution in [2.24, 2.45) is 0 Å². The molecule has 2 aromatic heterocycles. The number of carbonyl (C=O) groups is 2. The number of amides is 2. The molecule has 0 atom stereocenters. The molecule has 0 aliphatic carbocycles. The van der Waals surface area contributed by atoms with Crippen LogP contribution in [0.4, 0.5) is 28.7 Å². The standard InChI is InChI=1S/C18H13F3N2O5S/c1-23(10-5-3-4-9(6-10)18(19,20)21)17(26)22-14-8-12-13(29-14)7-11(15(24)27-2)16(25)28-12/h3-8H,1-2H3,(H,22,26). The lowest BCUT2D eigenvalue weighted by Gasteiger charge is -2.18. The van der Waals surface area contributed by atoms with E-state index >= 15 is 0 Å². The van der Waals surface area contributed by atoms with Crippen molar-refractivity contribution in [2.45, 2.75) is 6.18 Å². The van der Waals surface area contributed by atoms with Crippen LogP contribution >= 0.6 is 11.3 Å². The lowest BCUT2D eigenvalue weighted by molar-refractivity contribution is -0.137. The molecule has 0 bridgehead atoms. The van der Waals surface area contributed by atoms with E-state index in [2.05, 4.69) is 10.1 Å². The summed E-state index contributed by atoms with van der Waals surface area (Å²) >= 11 is 1.02. The van der Waals surface area contributed by atoms with Gasteiger partial charge in [-0.25, -0.2) is 14.4 Å². The first-order chi connectivity index (χ1) is 13.6. The van der Waals surface area contributed by atoms with Gasteiger partial charge in [-0.1, -0.05) is 6.07 Å². The molecule has 0 aliphatic rings. The zero-order valence-electron chi connectivity index (χ0n) is 15.0. The molecule has 11 heteroatoms. The van der Waals surface area contributed by atoms with Crippen LogP contribution in [0.1, 0.15) is 15.9 Å². The second-order valence-corrected chi connectivity index (χ2v) is 6.90. The average Bonchev–Trinajstić information content (AvgIpc) is 3.06. The van der Waals surface area contributed by atoms with Crippen LogP contribution in [0.5, 0.6) is 0 Å². The maximum Gasteiger partial charge on any atom is 0.416 e. The number of rotatable bonds is 3. The second kappa shape index (κ2) is 7.59. The Morgan fingerprint density at radius 1 is 1.21 bits per heavy atom. The molecule has 2 amide bonds. The Morgan fingerprint density at radius 3 is 2.59 bits per heavy atom. The summed E-state index contributed by atoms with van der Waals surface area (Å²) in [6.45, 7) is 0. The summed E-state index contributed by atoms with van der Waals surface area (Å²) in [6.07, 6.45) is -4.53. The van der Waals surface area contributed by atoms with E-state index in [0.717, 1.165) is 35.5 Å². The molecule has 0 fully saturated rings. The maximum atomic E-state index is 12.9. The molecule has 0 saturated heterocycles. The summed E-state index contributed by atoms with van der Waals surface area (Å²) in [4.78, 5) is 36.8. The summed E-state index contributed by atoms with van der Waals surface area (Å²) in [5, 5.41) is 2.79.